The summed E-state index contributed by atoms with van der Waals surface area (Å²) in [7, 11) is 0. The Morgan fingerprint density at radius 2 is 1.83 bits per heavy atom. The summed E-state index contributed by atoms with van der Waals surface area (Å²) in [5.74, 6) is -0.0342. The van der Waals surface area contributed by atoms with Crippen LogP contribution in [0.4, 0.5) is 17.1 Å². The average Bonchev–Trinajstić information content (AvgIpc) is 3.09. The van der Waals surface area contributed by atoms with Crippen molar-refractivity contribution in [3.63, 3.8) is 0 Å². The molecule has 3 rings (SSSR count). The van der Waals surface area contributed by atoms with E-state index in [9.17, 15) is 15.2 Å². The molecule has 0 aromatic heterocycles. The Labute approximate surface area is 133 Å². The van der Waals surface area contributed by atoms with Crippen molar-refractivity contribution in [1.82, 2.24) is 0 Å². The van der Waals surface area contributed by atoms with Crippen molar-refractivity contribution in [3.05, 3.63) is 58.1 Å². The van der Waals surface area contributed by atoms with Crippen LogP contribution in [-0.4, -0.2) is 29.3 Å². The van der Waals surface area contributed by atoms with E-state index in [0.717, 1.165) is 18.8 Å². The lowest BCUT2D eigenvalue weighted by Gasteiger charge is -2.17. The van der Waals surface area contributed by atoms with Crippen LogP contribution >= 0.6 is 0 Å². The zero-order valence-corrected chi connectivity index (χ0v) is 12.6. The summed E-state index contributed by atoms with van der Waals surface area (Å²) >= 11 is 0. The lowest BCUT2D eigenvalue weighted by molar-refractivity contribution is -0.384. The van der Waals surface area contributed by atoms with E-state index in [2.05, 4.69) is 9.89 Å². The van der Waals surface area contributed by atoms with Gasteiger partial charge in [-0.25, -0.2) is 0 Å². The van der Waals surface area contributed by atoms with E-state index in [1.165, 1.54) is 42.9 Å². The van der Waals surface area contributed by atoms with E-state index in [0.29, 0.717) is 5.56 Å². The summed E-state index contributed by atoms with van der Waals surface area (Å²) in [6.07, 6.45) is 3.89. The standard InChI is InChI=1S/C17H17N3O3/c21-17-8-7-16(20(22)23)11-13(17)12-18-14-3-5-15(6-4-14)19-9-1-2-10-19/h3-8,11-12,21H,1-2,9-10H2. The van der Waals surface area contributed by atoms with Gasteiger partial charge in [-0.1, -0.05) is 0 Å². The highest BCUT2D eigenvalue weighted by atomic mass is 16.6. The molecule has 6 heteroatoms. The number of benzene rings is 2. The Morgan fingerprint density at radius 3 is 2.48 bits per heavy atom. The molecule has 1 aliphatic rings. The fourth-order valence-corrected chi connectivity index (χ4v) is 2.63. The molecule has 0 amide bonds. The van der Waals surface area contributed by atoms with Crippen LogP contribution in [0.3, 0.4) is 0 Å². The second-order valence-corrected chi connectivity index (χ2v) is 5.47. The van der Waals surface area contributed by atoms with Crippen LogP contribution in [0.1, 0.15) is 18.4 Å². The number of aliphatic imine (C=N–C) groups is 1. The number of hydrogen-bond acceptors (Lipinski definition) is 5. The van der Waals surface area contributed by atoms with Crippen molar-refractivity contribution in [1.29, 1.82) is 0 Å². The minimum Gasteiger partial charge on any atom is -0.507 e. The van der Waals surface area contributed by atoms with Gasteiger partial charge < -0.3 is 10.0 Å². The highest BCUT2D eigenvalue weighted by Crippen LogP contribution is 2.25. The molecule has 0 unspecified atom stereocenters. The van der Waals surface area contributed by atoms with E-state index in [1.54, 1.807) is 0 Å². The highest BCUT2D eigenvalue weighted by Gasteiger charge is 2.12. The SMILES string of the molecule is O=[N+]([O-])c1ccc(O)c(C=Nc2ccc(N3CCCC3)cc2)c1. The highest BCUT2D eigenvalue weighted by molar-refractivity contribution is 5.86. The fourth-order valence-electron chi connectivity index (χ4n) is 2.63. The molecule has 1 fully saturated rings. The second-order valence-electron chi connectivity index (χ2n) is 5.47. The summed E-state index contributed by atoms with van der Waals surface area (Å²) < 4.78 is 0. The number of nitro groups is 1. The van der Waals surface area contributed by atoms with Crippen molar-refractivity contribution < 1.29 is 10.0 Å². The first-order valence-electron chi connectivity index (χ1n) is 7.50. The first-order valence-corrected chi connectivity index (χ1v) is 7.50. The zero-order valence-electron chi connectivity index (χ0n) is 12.6. The number of nitro benzene ring substituents is 1. The van der Waals surface area contributed by atoms with Gasteiger partial charge in [0.25, 0.3) is 5.69 Å². The van der Waals surface area contributed by atoms with E-state index in [4.69, 9.17) is 0 Å². The summed E-state index contributed by atoms with van der Waals surface area (Å²) in [5, 5.41) is 20.5. The van der Waals surface area contributed by atoms with Gasteiger partial charge in [0.2, 0.25) is 0 Å². The quantitative estimate of drug-likeness (QED) is 0.531. The molecule has 118 valence electrons. The van der Waals surface area contributed by atoms with Crippen LogP contribution in [0.2, 0.25) is 0 Å². The molecule has 1 heterocycles. The van der Waals surface area contributed by atoms with Crippen LogP contribution < -0.4 is 4.90 Å². The number of rotatable bonds is 4. The van der Waals surface area contributed by atoms with E-state index < -0.39 is 4.92 Å². The van der Waals surface area contributed by atoms with Crippen LogP contribution in [0, 0.1) is 10.1 Å². The van der Waals surface area contributed by atoms with Crippen molar-refractivity contribution in [2.45, 2.75) is 12.8 Å². The van der Waals surface area contributed by atoms with Gasteiger partial charge in [0.1, 0.15) is 5.75 Å². The Morgan fingerprint density at radius 1 is 1.13 bits per heavy atom. The topological polar surface area (TPSA) is 79.0 Å². The van der Waals surface area contributed by atoms with Gasteiger partial charge in [-0.05, 0) is 43.2 Å². The van der Waals surface area contributed by atoms with E-state index in [1.807, 2.05) is 24.3 Å². The largest absolute Gasteiger partial charge is 0.507 e. The van der Waals surface area contributed by atoms with E-state index in [-0.39, 0.29) is 11.4 Å². The predicted octanol–water partition coefficient (Wildman–Crippen LogP) is 3.65. The molecule has 6 nitrogen and oxygen atoms in total. The third kappa shape index (κ3) is 3.48. The second kappa shape index (κ2) is 6.48. The maximum Gasteiger partial charge on any atom is 0.270 e. The number of hydrogen-bond donors (Lipinski definition) is 1. The third-order valence-electron chi connectivity index (χ3n) is 3.90. The first-order chi connectivity index (χ1) is 11.1. The molecule has 1 saturated heterocycles. The molecule has 1 aliphatic heterocycles. The molecule has 0 atom stereocenters. The summed E-state index contributed by atoms with van der Waals surface area (Å²) in [4.78, 5) is 16.9. The number of phenols is 1. The summed E-state index contributed by atoms with van der Waals surface area (Å²) in [6, 6.07) is 11.7. The Bertz CT molecular complexity index is 735. The number of anilines is 1. The van der Waals surface area contributed by atoms with Crippen LogP contribution in [0.5, 0.6) is 5.75 Å². The van der Waals surface area contributed by atoms with E-state index >= 15 is 0 Å². The molecule has 0 saturated carbocycles. The number of aromatic hydroxyl groups is 1. The molecular weight excluding hydrogens is 294 g/mol. The van der Waals surface area contributed by atoms with Crippen molar-refractivity contribution >= 4 is 23.3 Å². The lowest BCUT2D eigenvalue weighted by Crippen LogP contribution is -2.17. The smallest absolute Gasteiger partial charge is 0.270 e. The van der Waals surface area contributed by atoms with Crippen LogP contribution in [0.25, 0.3) is 0 Å². The molecule has 0 aliphatic carbocycles. The summed E-state index contributed by atoms with van der Waals surface area (Å²) in [6.45, 7) is 2.17. The van der Waals surface area contributed by atoms with Crippen LogP contribution in [0.15, 0.2) is 47.5 Å². The number of phenolic OH excluding ortho intramolecular Hbond substituents is 1. The monoisotopic (exact) mass is 311 g/mol. The lowest BCUT2D eigenvalue weighted by atomic mass is 10.2. The van der Waals surface area contributed by atoms with Gasteiger partial charge >= 0.3 is 0 Å². The predicted molar refractivity (Wildman–Crippen MR) is 89.9 cm³/mol. The van der Waals surface area contributed by atoms with Crippen LogP contribution in [-0.2, 0) is 0 Å². The van der Waals surface area contributed by atoms with Crippen molar-refractivity contribution in [2.24, 2.45) is 4.99 Å². The fraction of sp³-hybridized carbons (Fsp3) is 0.235. The zero-order chi connectivity index (χ0) is 16.2. The molecule has 2 aromatic rings. The Hall–Kier alpha value is -2.89. The number of nitrogens with zero attached hydrogens (tertiary/aromatic N) is 3. The normalized spacial score (nSPS) is 14.5. The molecule has 0 bridgehead atoms. The van der Waals surface area contributed by atoms with Crippen molar-refractivity contribution in [3.8, 4) is 5.75 Å². The van der Waals surface area contributed by atoms with Gasteiger partial charge in [-0.3, -0.25) is 15.1 Å². The third-order valence-corrected chi connectivity index (χ3v) is 3.90. The first kappa shape index (κ1) is 15.0. The molecule has 23 heavy (non-hydrogen) atoms. The summed E-state index contributed by atoms with van der Waals surface area (Å²) in [5.41, 5.74) is 2.16. The molecule has 0 radical (unpaired) electrons. The van der Waals surface area contributed by atoms with Gasteiger partial charge in [-0.15, -0.1) is 0 Å². The average molecular weight is 311 g/mol. The molecule has 1 N–H and O–H groups in total. The maximum atomic E-state index is 10.8. The van der Waals surface area contributed by atoms with Gasteiger partial charge in [0.05, 0.1) is 10.6 Å². The van der Waals surface area contributed by atoms with Gasteiger partial charge in [-0.2, -0.15) is 0 Å². The molecule has 2 aromatic carbocycles. The maximum absolute atomic E-state index is 10.8. The minimum atomic E-state index is -0.498. The van der Waals surface area contributed by atoms with Crippen molar-refractivity contribution in [2.75, 3.05) is 18.0 Å². The van der Waals surface area contributed by atoms with Gasteiger partial charge in [0, 0.05) is 42.7 Å². The minimum absolute atomic E-state index is 0.0342. The molecular formula is C17H17N3O3. The Kier molecular flexibility index (Phi) is 4.23. The Balaban J connectivity index is 1.77. The molecule has 0 spiro atoms. The number of non-ortho nitro benzene ring substituents is 1. The van der Waals surface area contributed by atoms with Gasteiger partial charge in [0.15, 0.2) is 0 Å².